The largest absolute Gasteiger partial charge is 0.353 e. The van der Waals surface area contributed by atoms with Crippen LogP contribution in [0.2, 0.25) is 0 Å². The van der Waals surface area contributed by atoms with Gasteiger partial charge in [-0.25, -0.2) is 0 Å². The van der Waals surface area contributed by atoms with E-state index in [9.17, 15) is 0 Å². The van der Waals surface area contributed by atoms with Gasteiger partial charge in [0.1, 0.15) is 0 Å². The van der Waals surface area contributed by atoms with E-state index in [1.54, 1.807) is 11.8 Å². The molecule has 1 aliphatic heterocycles. The molecule has 0 saturated carbocycles. The first-order valence-corrected chi connectivity index (χ1v) is 3.33. The third-order valence-corrected chi connectivity index (χ3v) is 2.09. The molecule has 0 aromatic heterocycles. The van der Waals surface area contributed by atoms with Crippen LogP contribution in [0.25, 0.3) is 0 Å². The Labute approximate surface area is 53.9 Å². The number of nitrogens with one attached hydrogen (secondary N) is 1. The summed E-state index contributed by atoms with van der Waals surface area (Å²) in [7, 11) is 0. The molecule has 0 spiro atoms. The van der Waals surface area contributed by atoms with Gasteiger partial charge in [-0.05, 0) is 13.8 Å². The van der Waals surface area contributed by atoms with Crippen molar-refractivity contribution >= 4 is 11.8 Å². The topological polar surface area (TPSA) is 12.0 Å². The molecule has 0 radical (unpaired) electrons. The number of thioether (sulfide) groups is 1. The molecular formula is C6H9NS. The normalized spacial score (nSPS) is 19.5. The van der Waals surface area contributed by atoms with Gasteiger partial charge >= 0.3 is 0 Å². The van der Waals surface area contributed by atoms with Gasteiger partial charge in [0, 0.05) is 10.6 Å². The first kappa shape index (κ1) is 5.76. The lowest BCUT2D eigenvalue weighted by molar-refractivity contribution is 1.05. The van der Waals surface area contributed by atoms with Crippen LogP contribution in [0.3, 0.4) is 0 Å². The number of allylic oxidation sites excluding steroid dienone is 2. The van der Waals surface area contributed by atoms with Crippen molar-refractivity contribution < 1.29 is 0 Å². The molecular weight excluding hydrogens is 118 g/mol. The Kier molecular flexibility index (Phi) is 1.34. The lowest BCUT2D eigenvalue weighted by Gasteiger charge is -1.92. The minimum absolute atomic E-state index is 1.04. The fraction of sp³-hybridized carbons (Fsp3) is 0.333. The summed E-state index contributed by atoms with van der Waals surface area (Å²) in [4.78, 5) is 1.33. The zero-order valence-electron chi connectivity index (χ0n) is 5.12. The van der Waals surface area contributed by atoms with Gasteiger partial charge < -0.3 is 5.32 Å². The minimum atomic E-state index is 1.04. The highest BCUT2D eigenvalue weighted by Crippen LogP contribution is 2.30. The molecule has 0 unspecified atom stereocenters. The standard InChI is InChI=1S/C6H9NS/c1-4-5(2)8-6(3)7-4/h7H,3H2,1-2H3. The Hall–Kier alpha value is -0.370. The Morgan fingerprint density at radius 1 is 1.50 bits per heavy atom. The van der Waals surface area contributed by atoms with Crippen LogP contribution in [0.1, 0.15) is 13.8 Å². The van der Waals surface area contributed by atoms with Gasteiger partial charge in [-0.15, -0.1) is 0 Å². The Morgan fingerprint density at radius 2 is 2.12 bits per heavy atom. The fourth-order valence-electron chi connectivity index (χ4n) is 0.584. The van der Waals surface area contributed by atoms with Crippen molar-refractivity contribution in [3.63, 3.8) is 0 Å². The quantitative estimate of drug-likeness (QED) is 0.534. The monoisotopic (exact) mass is 127 g/mol. The summed E-state index contributed by atoms with van der Waals surface area (Å²) in [6, 6.07) is 0. The van der Waals surface area contributed by atoms with Crippen LogP contribution >= 0.6 is 11.8 Å². The molecule has 1 aliphatic rings. The molecule has 1 nitrogen and oxygen atoms in total. The first-order valence-electron chi connectivity index (χ1n) is 2.51. The van der Waals surface area contributed by atoms with E-state index >= 15 is 0 Å². The van der Waals surface area contributed by atoms with Gasteiger partial charge in [0.2, 0.25) is 0 Å². The van der Waals surface area contributed by atoms with Gasteiger partial charge in [0.25, 0.3) is 0 Å². The molecule has 0 atom stereocenters. The molecule has 0 saturated heterocycles. The maximum Gasteiger partial charge on any atom is 0.0695 e. The van der Waals surface area contributed by atoms with E-state index in [1.165, 1.54) is 10.6 Å². The minimum Gasteiger partial charge on any atom is -0.353 e. The van der Waals surface area contributed by atoms with Crippen LogP contribution in [-0.2, 0) is 0 Å². The smallest absolute Gasteiger partial charge is 0.0695 e. The second kappa shape index (κ2) is 1.86. The highest BCUT2D eigenvalue weighted by atomic mass is 32.2. The SMILES string of the molecule is C=C1NC(C)=C(C)S1. The van der Waals surface area contributed by atoms with Crippen LogP contribution in [0, 0.1) is 0 Å². The van der Waals surface area contributed by atoms with Gasteiger partial charge in [-0.3, -0.25) is 0 Å². The third-order valence-electron chi connectivity index (χ3n) is 1.13. The average Bonchev–Trinajstić information content (AvgIpc) is 1.85. The van der Waals surface area contributed by atoms with Crippen molar-refractivity contribution in [1.29, 1.82) is 0 Å². The molecule has 0 amide bonds. The van der Waals surface area contributed by atoms with E-state index < -0.39 is 0 Å². The lowest BCUT2D eigenvalue weighted by Crippen LogP contribution is -1.99. The number of hydrogen-bond donors (Lipinski definition) is 1. The second-order valence-electron chi connectivity index (χ2n) is 1.83. The van der Waals surface area contributed by atoms with Crippen LogP contribution in [0.5, 0.6) is 0 Å². The zero-order valence-corrected chi connectivity index (χ0v) is 5.93. The van der Waals surface area contributed by atoms with E-state index in [0.29, 0.717) is 0 Å². The molecule has 0 fully saturated rings. The molecule has 44 valence electrons. The van der Waals surface area contributed by atoms with Crippen LogP contribution in [-0.4, -0.2) is 0 Å². The molecule has 1 rings (SSSR count). The maximum atomic E-state index is 3.77. The van der Waals surface area contributed by atoms with Crippen molar-refractivity contribution in [2.75, 3.05) is 0 Å². The fourth-order valence-corrected chi connectivity index (χ4v) is 1.36. The summed E-state index contributed by atoms with van der Waals surface area (Å²) < 4.78 is 0. The number of hydrogen-bond acceptors (Lipinski definition) is 2. The zero-order chi connectivity index (χ0) is 6.15. The molecule has 1 N–H and O–H groups in total. The van der Waals surface area contributed by atoms with E-state index in [4.69, 9.17) is 0 Å². The van der Waals surface area contributed by atoms with Crippen molar-refractivity contribution in [2.24, 2.45) is 0 Å². The summed E-state index contributed by atoms with van der Waals surface area (Å²) in [6.45, 7) is 7.91. The van der Waals surface area contributed by atoms with E-state index in [1.807, 2.05) is 0 Å². The molecule has 0 aromatic carbocycles. The summed E-state index contributed by atoms with van der Waals surface area (Å²) in [5.74, 6) is 0. The van der Waals surface area contributed by atoms with E-state index in [0.717, 1.165) is 5.03 Å². The van der Waals surface area contributed by atoms with Crippen LogP contribution in [0.4, 0.5) is 0 Å². The highest BCUT2D eigenvalue weighted by Gasteiger charge is 2.08. The molecule has 0 aliphatic carbocycles. The van der Waals surface area contributed by atoms with Gasteiger partial charge in [0.15, 0.2) is 0 Å². The maximum absolute atomic E-state index is 3.77. The lowest BCUT2D eigenvalue weighted by atomic mass is 10.5. The summed E-state index contributed by atoms with van der Waals surface area (Å²) >= 11 is 1.70. The van der Waals surface area contributed by atoms with E-state index in [-0.39, 0.29) is 0 Å². The number of rotatable bonds is 0. The highest BCUT2D eigenvalue weighted by molar-refractivity contribution is 8.06. The van der Waals surface area contributed by atoms with Crippen molar-refractivity contribution in [3.05, 3.63) is 22.2 Å². The van der Waals surface area contributed by atoms with Crippen LogP contribution in [0.15, 0.2) is 22.2 Å². The van der Waals surface area contributed by atoms with Crippen molar-refractivity contribution in [3.8, 4) is 0 Å². The summed E-state index contributed by atoms with van der Waals surface area (Å²) in [5.41, 5.74) is 1.24. The molecule has 8 heavy (non-hydrogen) atoms. The summed E-state index contributed by atoms with van der Waals surface area (Å²) in [5, 5.41) is 4.16. The van der Waals surface area contributed by atoms with Gasteiger partial charge in [0.05, 0.1) is 5.03 Å². The predicted octanol–water partition coefficient (Wildman–Crippen LogP) is 2.05. The average molecular weight is 127 g/mol. The summed E-state index contributed by atoms with van der Waals surface area (Å²) in [6.07, 6.45) is 0. The first-order chi connectivity index (χ1) is 3.70. The van der Waals surface area contributed by atoms with Gasteiger partial charge in [-0.1, -0.05) is 18.3 Å². The Balaban J connectivity index is 2.73. The molecule has 2 heteroatoms. The Bertz CT molecular complexity index is 142. The van der Waals surface area contributed by atoms with Gasteiger partial charge in [-0.2, -0.15) is 0 Å². The molecule has 0 bridgehead atoms. The van der Waals surface area contributed by atoms with Crippen LogP contribution < -0.4 is 5.32 Å². The predicted molar refractivity (Wildman–Crippen MR) is 38.2 cm³/mol. The second-order valence-corrected chi connectivity index (χ2v) is 3.14. The third kappa shape index (κ3) is 0.892. The van der Waals surface area contributed by atoms with Crippen molar-refractivity contribution in [2.45, 2.75) is 13.8 Å². The Morgan fingerprint density at radius 3 is 2.25 bits per heavy atom. The van der Waals surface area contributed by atoms with E-state index in [2.05, 4.69) is 25.7 Å². The molecule has 1 heterocycles. The molecule has 0 aromatic rings. The van der Waals surface area contributed by atoms with Crippen molar-refractivity contribution in [1.82, 2.24) is 5.32 Å².